The summed E-state index contributed by atoms with van der Waals surface area (Å²) < 4.78 is 9.81. The van der Waals surface area contributed by atoms with E-state index in [2.05, 4.69) is 4.74 Å². The number of carbonyl (C=O) groups excluding carboxylic acids is 2. The van der Waals surface area contributed by atoms with Crippen LogP contribution in [-0.4, -0.2) is 44.1 Å². The number of hydrogen-bond acceptors (Lipinski definition) is 4. The van der Waals surface area contributed by atoms with Crippen LogP contribution in [0, 0.1) is 0 Å². The molecule has 0 radical (unpaired) electrons. The van der Waals surface area contributed by atoms with E-state index in [1.165, 1.54) is 7.11 Å². The molecule has 2 aromatic rings. The van der Waals surface area contributed by atoms with Gasteiger partial charge in [-0.25, -0.2) is 0 Å². The highest BCUT2D eigenvalue weighted by atomic mass is 16.5. The number of esters is 1. The number of carbonyl (C=O) groups is 2. The van der Waals surface area contributed by atoms with Crippen LogP contribution in [-0.2, 0) is 16.0 Å². The second kappa shape index (κ2) is 9.47. The van der Waals surface area contributed by atoms with Crippen LogP contribution in [0.15, 0.2) is 54.6 Å². The molecule has 0 aromatic heterocycles. The molecule has 2 aromatic carbocycles. The maximum absolute atomic E-state index is 12.8. The summed E-state index contributed by atoms with van der Waals surface area (Å²) in [6.07, 6.45) is 0.900. The van der Waals surface area contributed by atoms with Crippen LogP contribution in [0.25, 0.3) is 0 Å². The average molecular weight is 341 g/mol. The Labute approximate surface area is 148 Å². The van der Waals surface area contributed by atoms with Gasteiger partial charge in [0.05, 0.1) is 20.6 Å². The molecular weight excluding hydrogens is 318 g/mol. The average Bonchev–Trinajstić information content (AvgIpc) is 2.68. The number of nitrogens with zero attached hydrogens (tertiary/aromatic N) is 1. The molecule has 0 bridgehead atoms. The number of benzene rings is 2. The van der Waals surface area contributed by atoms with E-state index >= 15 is 0 Å². The second-order valence-electron chi connectivity index (χ2n) is 5.58. The minimum Gasteiger partial charge on any atom is -0.497 e. The summed E-state index contributed by atoms with van der Waals surface area (Å²) in [4.78, 5) is 25.9. The van der Waals surface area contributed by atoms with Crippen molar-refractivity contribution in [2.45, 2.75) is 12.8 Å². The molecule has 5 heteroatoms. The van der Waals surface area contributed by atoms with E-state index in [1.807, 2.05) is 30.3 Å². The minimum absolute atomic E-state index is 0.109. The lowest BCUT2D eigenvalue weighted by Crippen LogP contribution is -2.35. The first-order valence-electron chi connectivity index (χ1n) is 8.18. The molecule has 5 nitrogen and oxygen atoms in total. The van der Waals surface area contributed by atoms with Gasteiger partial charge in [-0.05, 0) is 36.2 Å². The first-order chi connectivity index (χ1) is 12.1. The van der Waals surface area contributed by atoms with E-state index in [0.29, 0.717) is 24.4 Å². The third-order valence-corrected chi connectivity index (χ3v) is 3.95. The van der Waals surface area contributed by atoms with Gasteiger partial charge in [-0.1, -0.05) is 30.3 Å². The topological polar surface area (TPSA) is 55.8 Å². The van der Waals surface area contributed by atoms with Gasteiger partial charge >= 0.3 is 5.97 Å². The van der Waals surface area contributed by atoms with Gasteiger partial charge in [0.25, 0.3) is 5.91 Å². The van der Waals surface area contributed by atoms with Gasteiger partial charge in [0.15, 0.2) is 0 Å². The summed E-state index contributed by atoms with van der Waals surface area (Å²) in [7, 11) is 2.93. The smallest absolute Gasteiger partial charge is 0.307 e. The molecule has 0 aliphatic rings. The molecule has 1 amide bonds. The van der Waals surface area contributed by atoms with Gasteiger partial charge < -0.3 is 14.4 Å². The minimum atomic E-state index is -0.327. The Balaban J connectivity index is 2.08. The van der Waals surface area contributed by atoms with Gasteiger partial charge in [0.1, 0.15) is 5.75 Å². The molecular formula is C20H23NO4. The molecule has 0 atom stereocenters. The SMILES string of the molecule is COC(=O)CCN(CCc1ccccc1)C(=O)c1ccc(OC)cc1. The fourth-order valence-corrected chi connectivity index (χ4v) is 2.47. The molecule has 2 rings (SSSR count). The molecule has 0 heterocycles. The van der Waals surface area contributed by atoms with Crippen LogP contribution in [0.4, 0.5) is 0 Å². The summed E-state index contributed by atoms with van der Waals surface area (Å²) in [5.41, 5.74) is 1.71. The highest BCUT2D eigenvalue weighted by Crippen LogP contribution is 2.14. The van der Waals surface area contributed by atoms with E-state index in [0.717, 1.165) is 12.0 Å². The van der Waals surface area contributed by atoms with Crippen LogP contribution >= 0.6 is 0 Å². The predicted molar refractivity (Wildman–Crippen MR) is 95.7 cm³/mol. The van der Waals surface area contributed by atoms with Crippen LogP contribution in [0.3, 0.4) is 0 Å². The summed E-state index contributed by atoms with van der Waals surface area (Å²) in [5.74, 6) is 0.261. The second-order valence-corrected chi connectivity index (χ2v) is 5.58. The van der Waals surface area contributed by atoms with Crippen molar-refractivity contribution >= 4 is 11.9 Å². The number of ether oxygens (including phenoxy) is 2. The molecule has 0 saturated heterocycles. The van der Waals surface area contributed by atoms with E-state index in [4.69, 9.17) is 4.74 Å². The first kappa shape index (κ1) is 18.5. The third-order valence-electron chi connectivity index (χ3n) is 3.95. The Morgan fingerprint density at radius 1 is 0.920 bits per heavy atom. The van der Waals surface area contributed by atoms with Gasteiger partial charge in [-0.2, -0.15) is 0 Å². The number of methoxy groups -OCH3 is 2. The van der Waals surface area contributed by atoms with Crippen molar-refractivity contribution in [3.8, 4) is 5.75 Å². The fourth-order valence-electron chi connectivity index (χ4n) is 2.47. The maximum atomic E-state index is 12.8. The Hall–Kier alpha value is -2.82. The van der Waals surface area contributed by atoms with E-state index < -0.39 is 0 Å². The fraction of sp³-hybridized carbons (Fsp3) is 0.300. The molecule has 0 fully saturated rings. The lowest BCUT2D eigenvalue weighted by Gasteiger charge is -2.22. The van der Waals surface area contributed by atoms with Crippen LogP contribution < -0.4 is 4.74 Å². The van der Waals surface area contributed by atoms with E-state index in [1.54, 1.807) is 36.3 Å². The molecule has 0 spiro atoms. The van der Waals surface area contributed by atoms with Gasteiger partial charge in [-0.3, -0.25) is 9.59 Å². The largest absolute Gasteiger partial charge is 0.497 e. The summed E-state index contributed by atoms with van der Waals surface area (Å²) >= 11 is 0. The summed E-state index contributed by atoms with van der Waals surface area (Å²) in [6.45, 7) is 0.857. The maximum Gasteiger partial charge on any atom is 0.307 e. The number of amides is 1. The number of hydrogen-bond donors (Lipinski definition) is 0. The normalized spacial score (nSPS) is 10.2. The van der Waals surface area contributed by atoms with Gasteiger partial charge in [-0.15, -0.1) is 0 Å². The lowest BCUT2D eigenvalue weighted by molar-refractivity contribution is -0.140. The molecule has 0 aliphatic carbocycles. The van der Waals surface area contributed by atoms with Crippen LogP contribution in [0.2, 0.25) is 0 Å². The third kappa shape index (κ3) is 5.64. The highest BCUT2D eigenvalue weighted by molar-refractivity contribution is 5.94. The zero-order valence-electron chi connectivity index (χ0n) is 14.6. The zero-order valence-corrected chi connectivity index (χ0v) is 14.6. The Kier molecular flexibility index (Phi) is 7.01. The van der Waals surface area contributed by atoms with Crippen molar-refractivity contribution in [1.29, 1.82) is 0 Å². The summed E-state index contributed by atoms with van der Waals surface area (Å²) in [5, 5.41) is 0. The molecule has 25 heavy (non-hydrogen) atoms. The zero-order chi connectivity index (χ0) is 18.1. The monoisotopic (exact) mass is 341 g/mol. The molecule has 0 aliphatic heterocycles. The lowest BCUT2D eigenvalue weighted by atomic mass is 10.1. The first-order valence-corrected chi connectivity index (χ1v) is 8.18. The highest BCUT2D eigenvalue weighted by Gasteiger charge is 2.17. The van der Waals surface area contributed by atoms with Gasteiger partial charge in [0.2, 0.25) is 0 Å². The van der Waals surface area contributed by atoms with Crippen molar-refractivity contribution in [3.63, 3.8) is 0 Å². The Morgan fingerprint density at radius 2 is 1.60 bits per heavy atom. The van der Waals surface area contributed by atoms with Crippen molar-refractivity contribution in [3.05, 3.63) is 65.7 Å². The van der Waals surface area contributed by atoms with Gasteiger partial charge in [0, 0.05) is 18.7 Å². The van der Waals surface area contributed by atoms with Crippen molar-refractivity contribution in [2.24, 2.45) is 0 Å². The van der Waals surface area contributed by atoms with Crippen molar-refractivity contribution in [2.75, 3.05) is 27.3 Å². The van der Waals surface area contributed by atoms with Crippen molar-refractivity contribution < 1.29 is 19.1 Å². The van der Waals surface area contributed by atoms with Crippen LogP contribution in [0.1, 0.15) is 22.3 Å². The molecule has 0 N–H and O–H groups in total. The van der Waals surface area contributed by atoms with E-state index in [9.17, 15) is 9.59 Å². The molecule has 0 saturated carbocycles. The van der Waals surface area contributed by atoms with E-state index in [-0.39, 0.29) is 18.3 Å². The summed E-state index contributed by atoms with van der Waals surface area (Å²) in [6, 6.07) is 16.9. The quantitative estimate of drug-likeness (QED) is 0.693. The molecule has 132 valence electrons. The molecule has 0 unspecified atom stereocenters. The Morgan fingerprint density at radius 3 is 2.20 bits per heavy atom. The number of rotatable bonds is 8. The Bertz CT molecular complexity index is 683. The van der Waals surface area contributed by atoms with Crippen LogP contribution in [0.5, 0.6) is 5.75 Å². The standard InChI is InChI=1S/C20H23NO4/c1-24-18-10-8-17(9-11-18)20(23)21(15-13-19(22)25-2)14-12-16-6-4-3-5-7-16/h3-11H,12-15H2,1-2H3. The predicted octanol–water partition coefficient (Wildman–Crippen LogP) is 2.94. The van der Waals surface area contributed by atoms with Crippen molar-refractivity contribution in [1.82, 2.24) is 4.90 Å².